The lowest BCUT2D eigenvalue weighted by molar-refractivity contribution is -0.143. The summed E-state index contributed by atoms with van der Waals surface area (Å²) in [5.41, 5.74) is 11.4. The number of unbranched alkanes of at least 4 members (excludes halogenated alkanes) is 1. The van der Waals surface area contributed by atoms with Gasteiger partial charge in [0.15, 0.2) is 0 Å². The van der Waals surface area contributed by atoms with Crippen molar-refractivity contribution in [3.63, 3.8) is 0 Å². The molecule has 0 heterocycles. The summed E-state index contributed by atoms with van der Waals surface area (Å²) in [6.07, 6.45) is 2.99. The molecule has 0 aliphatic heterocycles. The van der Waals surface area contributed by atoms with E-state index in [1.165, 1.54) is 0 Å². The third-order valence-electron chi connectivity index (χ3n) is 5.69. The lowest BCUT2D eigenvalue weighted by atomic mass is 9.94. The summed E-state index contributed by atoms with van der Waals surface area (Å²) in [5, 5.41) is 25.8. The number of carbonyl (C=O) groups is 4. The molecule has 0 saturated heterocycles. The van der Waals surface area contributed by atoms with Crippen molar-refractivity contribution >= 4 is 23.7 Å². The molecule has 0 aromatic rings. The van der Waals surface area contributed by atoms with Crippen molar-refractivity contribution < 1.29 is 29.4 Å². The van der Waals surface area contributed by atoms with Crippen LogP contribution in [0.1, 0.15) is 59.8 Å². The maximum atomic E-state index is 13.1. The first-order valence-electron chi connectivity index (χ1n) is 11.2. The Morgan fingerprint density at radius 3 is 1.72 bits per heavy atom. The molecule has 0 fully saturated rings. The van der Waals surface area contributed by atoms with E-state index in [-0.39, 0.29) is 11.8 Å². The van der Waals surface area contributed by atoms with E-state index >= 15 is 0 Å². The number of rotatable bonds is 16. The van der Waals surface area contributed by atoms with Crippen LogP contribution in [-0.2, 0) is 19.2 Å². The van der Waals surface area contributed by atoms with Crippen molar-refractivity contribution in [1.29, 1.82) is 0 Å². The Morgan fingerprint density at radius 1 is 0.844 bits per heavy atom. The number of hydrogen-bond donors (Lipinski definition) is 7. The second-order valence-electron chi connectivity index (χ2n) is 8.22. The van der Waals surface area contributed by atoms with Crippen LogP contribution >= 0.6 is 0 Å². The van der Waals surface area contributed by atoms with Gasteiger partial charge in [-0.05, 0) is 31.2 Å². The largest absolute Gasteiger partial charge is 0.480 e. The summed E-state index contributed by atoms with van der Waals surface area (Å²) in [6.45, 7) is 6.96. The Bertz CT molecular complexity index is 617. The van der Waals surface area contributed by atoms with Crippen LogP contribution in [0.25, 0.3) is 0 Å². The molecule has 0 rings (SSSR count). The van der Waals surface area contributed by atoms with Gasteiger partial charge in [0.1, 0.15) is 18.1 Å². The zero-order chi connectivity index (χ0) is 24.8. The summed E-state index contributed by atoms with van der Waals surface area (Å²) in [4.78, 5) is 49.4. The van der Waals surface area contributed by atoms with Gasteiger partial charge in [-0.3, -0.25) is 14.4 Å². The fourth-order valence-corrected chi connectivity index (χ4v) is 2.99. The van der Waals surface area contributed by atoms with E-state index < -0.39 is 54.5 Å². The molecule has 0 aliphatic rings. The maximum absolute atomic E-state index is 13.1. The maximum Gasteiger partial charge on any atom is 0.328 e. The number of aliphatic hydroxyl groups excluding tert-OH is 1. The fourth-order valence-electron chi connectivity index (χ4n) is 2.99. The van der Waals surface area contributed by atoms with Gasteiger partial charge >= 0.3 is 5.97 Å². The standard InChI is InChI=1S/C21H41N5O6/c1-5-12(3)16(19(29)24-15(11-27)21(31)32)26-20(30)17(13(4)6-2)25-18(28)14(23)9-7-8-10-22/h12-17,27H,5-11,22-23H2,1-4H3,(H,24,29)(H,25,28)(H,26,30)(H,31,32). The molecule has 11 heteroatoms. The van der Waals surface area contributed by atoms with Crippen LogP contribution < -0.4 is 27.4 Å². The molecule has 9 N–H and O–H groups in total. The highest BCUT2D eigenvalue weighted by atomic mass is 16.4. The van der Waals surface area contributed by atoms with Crippen molar-refractivity contribution in [2.75, 3.05) is 13.2 Å². The van der Waals surface area contributed by atoms with E-state index in [4.69, 9.17) is 16.6 Å². The number of aliphatic carboxylic acids is 1. The molecule has 0 spiro atoms. The molecule has 0 aromatic heterocycles. The number of aliphatic hydroxyl groups is 1. The van der Waals surface area contributed by atoms with Crippen molar-refractivity contribution in [3.8, 4) is 0 Å². The van der Waals surface area contributed by atoms with E-state index in [0.717, 1.165) is 6.42 Å². The van der Waals surface area contributed by atoms with Gasteiger partial charge in [-0.15, -0.1) is 0 Å². The fraction of sp³-hybridized carbons (Fsp3) is 0.810. The van der Waals surface area contributed by atoms with Crippen LogP contribution in [0.5, 0.6) is 0 Å². The van der Waals surface area contributed by atoms with Gasteiger partial charge in [0.25, 0.3) is 0 Å². The highest BCUT2D eigenvalue weighted by Crippen LogP contribution is 2.13. The Hall–Kier alpha value is -2.24. The number of nitrogens with one attached hydrogen (secondary N) is 3. The first kappa shape index (κ1) is 29.8. The minimum atomic E-state index is -1.48. The first-order chi connectivity index (χ1) is 15.0. The SMILES string of the molecule is CCC(C)C(NC(=O)C(N)CCCCN)C(=O)NC(C(=O)NC(CO)C(=O)O)C(C)CC. The van der Waals surface area contributed by atoms with E-state index in [1.54, 1.807) is 13.8 Å². The average Bonchev–Trinajstić information content (AvgIpc) is 2.77. The molecule has 11 nitrogen and oxygen atoms in total. The topological polar surface area (TPSA) is 197 Å². The third-order valence-corrected chi connectivity index (χ3v) is 5.69. The van der Waals surface area contributed by atoms with Crippen LogP contribution in [-0.4, -0.2) is 71.2 Å². The van der Waals surface area contributed by atoms with Crippen LogP contribution in [0.15, 0.2) is 0 Å². The van der Waals surface area contributed by atoms with Gasteiger partial charge in [0.2, 0.25) is 17.7 Å². The summed E-state index contributed by atoms with van der Waals surface area (Å²) in [7, 11) is 0. The smallest absolute Gasteiger partial charge is 0.328 e. The van der Waals surface area contributed by atoms with Crippen LogP contribution in [0.3, 0.4) is 0 Å². The molecule has 3 amide bonds. The molecular weight excluding hydrogens is 418 g/mol. The van der Waals surface area contributed by atoms with Gasteiger partial charge in [0.05, 0.1) is 12.6 Å². The summed E-state index contributed by atoms with van der Waals surface area (Å²) < 4.78 is 0. The van der Waals surface area contributed by atoms with Gasteiger partial charge in [-0.2, -0.15) is 0 Å². The van der Waals surface area contributed by atoms with E-state index in [9.17, 15) is 24.3 Å². The highest BCUT2D eigenvalue weighted by Gasteiger charge is 2.34. The third kappa shape index (κ3) is 9.92. The van der Waals surface area contributed by atoms with Crippen molar-refractivity contribution in [1.82, 2.24) is 16.0 Å². The first-order valence-corrected chi connectivity index (χ1v) is 11.2. The molecule has 0 aliphatic carbocycles. The predicted octanol–water partition coefficient (Wildman–Crippen LogP) is -0.934. The quantitative estimate of drug-likeness (QED) is 0.144. The Morgan fingerprint density at radius 2 is 1.31 bits per heavy atom. The molecule has 0 aromatic carbocycles. The minimum Gasteiger partial charge on any atom is -0.480 e. The minimum absolute atomic E-state index is 0.236. The van der Waals surface area contributed by atoms with Crippen molar-refractivity contribution in [2.24, 2.45) is 23.3 Å². The van der Waals surface area contributed by atoms with Crippen LogP contribution in [0.2, 0.25) is 0 Å². The Kier molecular flexibility index (Phi) is 14.5. The van der Waals surface area contributed by atoms with E-state index in [1.807, 2.05) is 13.8 Å². The van der Waals surface area contributed by atoms with Crippen molar-refractivity contribution in [2.45, 2.75) is 84.0 Å². The number of carboxylic acids is 1. The summed E-state index contributed by atoms with van der Waals surface area (Å²) in [6, 6.07) is -4.22. The lowest BCUT2D eigenvalue weighted by Crippen LogP contribution is -2.60. The lowest BCUT2D eigenvalue weighted by Gasteiger charge is -2.30. The molecule has 32 heavy (non-hydrogen) atoms. The predicted molar refractivity (Wildman–Crippen MR) is 120 cm³/mol. The molecule has 0 bridgehead atoms. The normalized spacial score (nSPS) is 16.7. The van der Waals surface area contributed by atoms with Gasteiger partial charge in [-0.25, -0.2) is 4.79 Å². The molecule has 186 valence electrons. The molecule has 0 radical (unpaired) electrons. The number of carbonyl (C=O) groups excluding carboxylic acids is 3. The van der Waals surface area contributed by atoms with Crippen molar-refractivity contribution in [3.05, 3.63) is 0 Å². The summed E-state index contributed by atoms with van der Waals surface area (Å²) >= 11 is 0. The Labute approximate surface area is 190 Å². The van der Waals surface area contributed by atoms with E-state index in [0.29, 0.717) is 32.2 Å². The molecular formula is C21H41N5O6. The van der Waals surface area contributed by atoms with E-state index in [2.05, 4.69) is 16.0 Å². The number of nitrogens with two attached hydrogens (primary N) is 2. The van der Waals surface area contributed by atoms with Crippen LogP contribution in [0, 0.1) is 11.8 Å². The molecule has 0 saturated carbocycles. The van der Waals surface area contributed by atoms with Gasteiger partial charge in [-0.1, -0.05) is 47.0 Å². The number of amides is 3. The zero-order valence-corrected chi connectivity index (χ0v) is 19.6. The van der Waals surface area contributed by atoms with Gasteiger partial charge < -0.3 is 37.6 Å². The Balaban J connectivity index is 5.43. The zero-order valence-electron chi connectivity index (χ0n) is 19.6. The number of hydrogen-bond acceptors (Lipinski definition) is 7. The average molecular weight is 460 g/mol. The monoisotopic (exact) mass is 459 g/mol. The summed E-state index contributed by atoms with van der Waals surface area (Å²) in [5.74, 6) is -3.68. The highest BCUT2D eigenvalue weighted by molar-refractivity contribution is 5.94. The van der Waals surface area contributed by atoms with Crippen LogP contribution in [0.4, 0.5) is 0 Å². The second-order valence-corrected chi connectivity index (χ2v) is 8.22. The van der Waals surface area contributed by atoms with Gasteiger partial charge in [0, 0.05) is 0 Å². The molecule has 6 atom stereocenters. The second kappa shape index (κ2) is 15.5. The molecule has 6 unspecified atom stereocenters. The number of carboxylic acid groups (broad SMARTS) is 1.